The normalized spacial score (nSPS) is 17.1. The number of hydrogen-bond acceptors (Lipinski definition) is 3. The number of carbonyl (C=O) groups excluding carboxylic acids is 1. The third-order valence-electron chi connectivity index (χ3n) is 3.59. The topological polar surface area (TPSA) is 39.2 Å². The molecule has 3 nitrogen and oxygen atoms in total. The minimum Gasteiger partial charge on any atom is -0.493 e. The molecule has 0 fully saturated rings. The third-order valence-corrected chi connectivity index (χ3v) is 3.59. The van der Waals surface area contributed by atoms with Crippen molar-refractivity contribution in [2.75, 3.05) is 6.61 Å². The van der Waals surface area contributed by atoms with Gasteiger partial charge in [0, 0.05) is 12.6 Å². The quantitative estimate of drug-likeness (QED) is 0.803. The fourth-order valence-electron chi connectivity index (χ4n) is 2.56. The van der Waals surface area contributed by atoms with Gasteiger partial charge in [0.1, 0.15) is 5.75 Å². The van der Waals surface area contributed by atoms with Gasteiger partial charge in [-0.2, -0.15) is 0 Å². The molecule has 0 saturated heterocycles. The Morgan fingerprint density at radius 1 is 1.35 bits per heavy atom. The minimum absolute atomic E-state index is 0.0833. The van der Waals surface area contributed by atoms with Gasteiger partial charge in [0.2, 0.25) is 0 Å². The smallest absolute Gasteiger partial charge is 0.166 e. The zero-order chi connectivity index (χ0) is 13.9. The molecule has 20 heavy (non-hydrogen) atoms. The van der Waals surface area contributed by atoms with Crippen LogP contribution in [0.2, 0.25) is 0 Å². The molecule has 0 aliphatic carbocycles. The van der Waals surface area contributed by atoms with Crippen LogP contribution in [-0.2, 0) is 0 Å². The Bertz CT molecular complexity index is 642. The Morgan fingerprint density at radius 2 is 2.20 bits per heavy atom. The molecular formula is C16H14FNO2. The highest BCUT2D eigenvalue weighted by atomic mass is 19.1. The van der Waals surface area contributed by atoms with Crippen LogP contribution in [0, 0.1) is 5.82 Å². The van der Waals surface area contributed by atoms with Crippen molar-refractivity contribution >= 4 is 5.78 Å². The van der Waals surface area contributed by atoms with Crippen molar-refractivity contribution in [3.8, 4) is 5.75 Å². The van der Waals surface area contributed by atoms with Crippen LogP contribution in [0.5, 0.6) is 5.75 Å². The average molecular weight is 271 g/mol. The van der Waals surface area contributed by atoms with Crippen LogP contribution in [0.3, 0.4) is 0 Å². The van der Waals surface area contributed by atoms with E-state index < -0.39 is 5.82 Å². The number of pyridine rings is 1. The van der Waals surface area contributed by atoms with Crippen molar-refractivity contribution in [2.45, 2.75) is 18.8 Å². The van der Waals surface area contributed by atoms with Gasteiger partial charge in [0.05, 0.1) is 18.4 Å². The Kier molecular flexibility index (Phi) is 3.46. The van der Waals surface area contributed by atoms with Crippen molar-refractivity contribution in [2.24, 2.45) is 0 Å². The largest absolute Gasteiger partial charge is 0.493 e. The summed E-state index contributed by atoms with van der Waals surface area (Å²) in [6.45, 7) is 0.591. The van der Waals surface area contributed by atoms with Crippen LogP contribution >= 0.6 is 0 Å². The number of ketones is 1. The second-order valence-electron chi connectivity index (χ2n) is 4.85. The minimum atomic E-state index is -0.558. The number of benzene rings is 1. The summed E-state index contributed by atoms with van der Waals surface area (Å²) in [6.07, 6.45) is 3.58. The molecule has 0 amide bonds. The molecule has 4 heteroatoms. The molecule has 1 aliphatic heterocycles. The summed E-state index contributed by atoms with van der Waals surface area (Å²) in [6, 6.07) is 9.14. The highest BCUT2D eigenvalue weighted by Crippen LogP contribution is 2.36. The fraction of sp³-hybridized carbons (Fsp3) is 0.250. The van der Waals surface area contributed by atoms with E-state index >= 15 is 0 Å². The average Bonchev–Trinajstić information content (AvgIpc) is 2.48. The summed E-state index contributed by atoms with van der Waals surface area (Å²) in [5.74, 6) is 0.163. The van der Waals surface area contributed by atoms with E-state index in [2.05, 4.69) is 4.98 Å². The number of aromatic nitrogens is 1. The number of para-hydroxylation sites is 1. The first kappa shape index (κ1) is 12.8. The summed E-state index contributed by atoms with van der Waals surface area (Å²) in [5.41, 5.74) is 1.14. The first-order chi connectivity index (χ1) is 9.75. The molecule has 0 bridgehead atoms. The van der Waals surface area contributed by atoms with Gasteiger partial charge in [0.15, 0.2) is 11.6 Å². The second kappa shape index (κ2) is 5.41. The van der Waals surface area contributed by atoms with Crippen LogP contribution in [-0.4, -0.2) is 17.4 Å². The monoisotopic (exact) mass is 271 g/mol. The van der Waals surface area contributed by atoms with Crippen molar-refractivity contribution in [1.29, 1.82) is 0 Å². The van der Waals surface area contributed by atoms with Gasteiger partial charge >= 0.3 is 0 Å². The Morgan fingerprint density at radius 3 is 3.05 bits per heavy atom. The number of carbonyl (C=O) groups is 1. The summed E-state index contributed by atoms with van der Waals surface area (Å²) >= 11 is 0. The zero-order valence-electron chi connectivity index (χ0n) is 10.9. The van der Waals surface area contributed by atoms with Crippen molar-refractivity contribution in [3.05, 3.63) is 59.7 Å². The summed E-state index contributed by atoms with van der Waals surface area (Å²) in [5, 5.41) is 0. The van der Waals surface area contributed by atoms with Crippen LogP contribution in [0.4, 0.5) is 4.39 Å². The van der Waals surface area contributed by atoms with Gasteiger partial charge in [-0.3, -0.25) is 9.78 Å². The molecular weight excluding hydrogens is 257 g/mol. The van der Waals surface area contributed by atoms with Gasteiger partial charge in [-0.1, -0.05) is 18.2 Å². The van der Waals surface area contributed by atoms with E-state index in [9.17, 15) is 9.18 Å². The van der Waals surface area contributed by atoms with E-state index in [4.69, 9.17) is 4.74 Å². The molecule has 0 spiro atoms. The van der Waals surface area contributed by atoms with Crippen LogP contribution < -0.4 is 4.74 Å². The van der Waals surface area contributed by atoms with E-state index in [-0.39, 0.29) is 17.3 Å². The summed E-state index contributed by atoms with van der Waals surface area (Å²) in [7, 11) is 0. The zero-order valence-corrected chi connectivity index (χ0v) is 10.9. The maximum Gasteiger partial charge on any atom is 0.166 e. The van der Waals surface area contributed by atoms with Crippen LogP contribution in [0.1, 0.15) is 34.7 Å². The van der Waals surface area contributed by atoms with E-state index in [1.165, 1.54) is 12.3 Å². The maximum absolute atomic E-state index is 13.6. The van der Waals surface area contributed by atoms with Crippen LogP contribution in [0.15, 0.2) is 42.7 Å². The molecule has 0 N–H and O–H groups in total. The molecule has 3 rings (SSSR count). The Labute approximate surface area is 116 Å². The molecule has 0 radical (unpaired) electrons. The van der Waals surface area contributed by atoms with Crippen molar-refractivity contribution in [1.82, 2.24) is 4.98 Å². The number of rotatable bonds is 3. The third kappa shape index (κ3) is 2.41. The lowest BCUT2D eigenvalue weighted by molar-refractivity contribution is 0.0961. The molecule has 2 heterocycles. The summed E-state index contributed by atoms with van der Waals surface area (Å²) < 4.78 is 19.2. The fourth-order valence-corrected chi connectivity index (χ4v) is 2.56. The number of Topliss-reactive ketones (excluding diaryl/α,β-unsaturated/α-hetero) is 1. The van der Waals surface area contributed by atoms with Crippen molar-refractivity contribution < 1.29 is 13.9 Å². The predicted molar refractivity (Wildman–Crippen MR) is 72.4 cm³/mol. The molecule has 1 aromatic carbocycles. The lowest BCUT2D eigenvalue weighted by atomic mass is 9.87. The van der Waals surface area contributed by atoms with E-state index in [0.717, 1.165) is 23.9 Å². The van der Waals surface area contributed by atoms with Gasteiger partial charge in [-0.25, -0.2) is 4.39 Å². The standard InChI is InChI=1S/C16H14FNO2/c17-14-10-18-7-5-13(14)15(19)9-11-6-8-20-16-4-2-1-3-12(11)16/h1-5,7,10-11H,6,8-9H2. The molecule has 102 valence electrons. The van der Waals surface area contributed by atoms with Gasteiger partial charge in [0.25, 0.3) is 0 Å². The summed E-state index contributed by atoms with van der Waals surface area (Å²) in [4.78, 5) is 15.9. The number of ether oxygens (including phenoxy) is 1. The van der Waals surface area contributed by atoms with Gasteiger partial charge in [-0.05, 0) is 30.0 Å². The lowest BCUT2D eigenvalue weighted by Gasteiger charge is -2.25. The molecule has 1 atom stereocenters. The molecule has 0 saturated carbocycles. The molecule has 2 aromatic rings. The molecule has 1 aliphatic rings. The highest BCUT2D eigenvalue weighted by molar-refractivity contribution is 5.96. The Balaban J connectivity index is 1.83. The number of fused-ring (bicyclic) bond motifs is 1. The van der Waals surface area contributed by atoms with E-state index in [1.54, 1.807) is 0 Å². The molecule has 1 unspecified atom stereocenters. The first-order valence-corrected chi connectivity index (χ1v) is 6.60. The lowest BCUT2D eigenvalue weighted by Crippen LogP contribution is -2.17. The van der Waals surface area contributed by atoms with Gasteiger partial charge < -0.3 is 4.74 Å². The van der Waals surface area contributed by atoms with E-state index in [0.29, 0.717) is 13.0 Å². The number of halogens is 1. The van der Waals surface area contributed by atoms with Gasteiger partial charge in [-0.15, -0.1) is 0 Å². The highest BCUT2D eigenvalue weighted by Gasteiger charge is 2.24. The maximum atomic E-state index is 13.6. The first-order valence-electron chi connectivity index (χ1n) is 6.60. The second-order valence-corrected chi connectivity index (χ2v) is 4.85. The van der Waals surface area contributed by atoms with Crippen molar-refractivity contribution in [3.63, 3.8) is 0 Å². The number of hydrogen-bond donors (Lipinski definition) is 0. The Hall–Kier alpha value is -2.23. The molecule has 1 aromatic heterocycles. The SMILES string of the molecule is O=C(CC1CCOc2ccccc21)c1ccncc1F. The number of nitrogens with zero attached hydrogens (tertiary/aromatic N) is 1. The van der Waals surface area contributed by atoms with Crippen LogP contribution in [0.25, 0.3) is 0 Å². The predicted octanol–water partition coefficient (Wildman–Crippen LogP) is 3.36. The van der Waals surface area contributed by atoms with E-state index in [1.807, 2.05) is 24.3 Å².